The van der Waals surface area contributed by atoms with E-state index in [-0.39, 0.29) is 5.88 Å². The molecule has 0 aliphatic carbocycles. The van der Waals surface area contributed by atoms with Gasteiger partial charge in [-0.3, -0.25) is 4.79 Å². The average molecular weight is 260 g/mol. The average Bonchev–Trinajstić information content (AvgIpc) is 2.40. The molecular formula is C13H12N2O4. The van der Waals surface area contributed by atoms with E-state index in [0.717, 1.165) is 6.07 Å². The van der Waals surface area contributed by atoms with Crippen LogP contribution in [0.15, 0.2) is 41.2 Å². The fraction of sp³-hybridized carbons (Fsp3) is 0.154. The van der Waals surface area contributed by atoms with E-state index in [2.05, 4.69) is 5.10 Å². The summed E-state index contributed by atoms with van der Waals surface area (Å²) in [6, 6.07) is 10.0. The van der Waals surface area contributed by atoms with Crippen LogP contribution in [0.5, 0.6) is 5.88 Å². The summed E-state index contributed by atoms with van der Waals surface area (Å²) in [5, 5.41) is 12.8. The number of nitrogens with zero attached hydrogens (tertiary/aromatic N) is 2. The van der Waals surface area contributed by atoms with Gasteiger partial charge in [-0.05, 0) is 19.1 Å². The molecule has 0 spiro atoms. The number of carboxylic acids is 1. The monoisotopic (exact) mass is 260 g/mol. The molecule has 0 radical (unpaired) electrons. The predicted octanol–water partition coefficient (Wildman–Crippen LogP) is 1.33. The van der Waals surface area contributed by atoms with Crippen LogP contribution in [0.2, 0.25) is 0 Å². The number of ether oxygens (including phenoxy) is 1. The highest BCUT2D eigenvalue weighted by atomic mass is 16.5. The molecule has 1 aromatic heterocycles. The summed E-state index contributed by atoms with van der Waals surface area (Å²) in [6.07, 6.45) is 0. The highest BCUT2D eigenvalue weighted by Crippen LogP contribution is 2.14. The Labute approximate surface area is 108 Å². The Balaban J connectivity index is 2.66. The van der Waals surface area contributed by atoms with Gasteiger partial charge in [0.2, 0.25) is 17.0 Å². The van der Waals surface area contributed by atoms with E-state index in [1.165, 1.54) is 4.68 Å². The molecule has 0 amide bonds. The highest BCUT2D eigenvalue weighted by molar-refractivity contribution is 5.85. The van der Waals surface area contributed by atoms with Crippen molar-refractivity contribution in [2.45, 2.75) is 6.92 Å². The molecule has 98 valence electrons. The molecule has 6 nitrogen and oxygen atoms in total. The van der Waals surface area contributed by atoms with Crippen LogP contribution < -0.4 is 10.2 Å². The van der Waals surface area contributed by atoms with Crippen LogP contribution in [-0.4, -0.2) is 27.5 Å². The summed E-state index contributed by atoms with van der Waals surface area (Å²) < 4.78 is 6.61. The summed E-state index contributed by atoms with van der Waals surface area (Å²) >= 11 is 0. The van der Waals surface area contributed by atoms with E-state index in [4.69, 9.17) is 9.84 Å². The third kappa shape index (κ3) is 2.62. The van der Waals surface area contributed by atoms with Crippen LogP contribution in [0, 0.1) is 0 Å². The summed E-state index contributed by atoms with van der Waals surface area (Å²) in [6.45, 7) is 2.12. The Kier molecular flexibility index (Phi) is 3.61. The number of rotatable bonds is 4. The molecule has 0 atom stereocenters. The maximum absolute atomic E-state index is 11.6. The van der Waals surface area contributed by atoms with Gasteiger partial charge in [0.25, 0.3) is 0 Å². The Hall–Kier alpha value is -2.63. The van der Waals surface area contributed by atoms with E-state index in [1.807, 2.05) is 6.07 Å². The second kappa shape index (κ2) is 5.34. The van der Waals surface area contributed by atoms with Gasteiger partial charge in [-0.15, -0.1) is 0 Å². The number of carboxylic acid groups (broad SMARTS) is 1. The van der Waals surface area contributed by atoms with Crippen molar-refractivity contribution >= 4 is 5.97 Å². The van der Waals surface area contributed by atoms with Gasteiger partial charge in [-0.1, -0.05) is 18.2 Å². The number of hydrogen-bond acceptors (Lipinski definition) is 4. The molecule has 0 saturated heterocycles. The zero-order chi connectivity index (χ0) is 13.8. The molecule has 2 rings (SSSR count). The fourth-order valence-electron chi connectivity index (χ4n) is 1.59. The smallest absolute Gasteiger partial charge is 0.360 e. The van der Waals surface area contributed by atoms with Crippen LogP contribution in [0.1, 0.15) is 17.4 Å². The molecule has 19 heavy (non-hydrogen) atoms. The summed E-state index contributed by atoms with van der Waals surface area (Å²) in [5.41, 5.74) is -0.594. The molecular weight excluding hydrogens is 248 g/mol. The predicted molar refractivity (Wildman–Crippen MR) is 68.0 cm³/mol. The normalized spacial score (nSPS) is 10.2. The van der Waals surface area contributed by atoms with E-state index in [1.54, 1.807) is 31.2 Å². The standard InChI is InChI=1S/C13H12N2O4/c1-2-19-11-8-10(16)12(13(17)18)14-15(11)9-6-4-3-5-7-9/h3-8H,2H2,1H3,(H,17,18). The van der Waals surface area contributed by atoms with Crippen molar-refractivity contribution < 1.29 is 14.6 Å². The first-order valence-corrected chi connectivity index (χ1v) is 5.69. The van der Waals surface area contributed by atoms with Crippen molar-refractivity contribution in [1.82, 2.24) is 9.78 Å². The molecule has 0 saturated carbocycles. The van der Waals surface area contributed by atoms with Gasteiger partial charge >= 0.3 is 5.97 Å². The number of aromatic nitrogens is 2. The molecule has 0 bridgehead atoms. The number of carbonyl (C=O) groups is 1. The lowest BCUT2D eigenvalue weighted by molar-refractivity contribution is 0.0686. The first-order chi connectivity index (χ1) is 9.13. The SMILES string of the molecule is CCOc1cc(=O)c(C(=O)O)nn1-c1ccccc1. The lowest BCUT2D eigenvalue weighted by Gasteiger charge is -2.12. The van der Waals surface area contributed by atoms with E-state index in [0.29, 0.717) is 12.3 Å². The summed E-state index contributed by atoms with van der Waals surface area (Å²) in [7, 11) is 0. The maximum atomic E-state index is 11.6. The van der Waals surface area contributed by atoms with Crippen LogP contribution in [-0.2, 0) is 0 Å². The number of benzene rings is 1. The quantitative estimate of drug-likeness (QED) is 0.896. The van der Waals surface area contributed by atoms with Crippen LogP contribution in [0.3, 0.4) is 0 Å². The first kappa shape index (κ1) is 12.8. The van der Waals surface area contributed by atoms with Gasteiger partial charge in [0, 0.05) is 0 Å². The van der Waals surface area contributed by atoms with Gasteiger partial charge < -0.3 is 9.84 Å². The van der Waals surface area contributed by atoms with Crippen LogP contribution in [0.25, 0.3) is 5.69 Å². The number of para-hydroxylation sites is 1. The highest BCUT2D eigenvalue weighted by Gasteiger charge is 2.15. The fourth-order valence-corrected chi connectivity index (χ4v) is 1.59. The zero-order valence-corrected chi connectivity index (χ0v) is 10.2. The second-order valence-electron chi connectivity index (χ2n) is 3.68. The number of aromatic carboxylic acids is 1. The molecule has 1 heterocycles. The van der Waals surface area contributed by atoms with Crippen LogP contribution >= 0.6 is 0 Å². The second-order valence-corrected chi connectivity index (χ2v) is 3.68. The van der Waals surface area contributed by atoms with E-state index < -0.39 is 17.1 Å². The van der Waals surface area contributed by atoms with Gasteiger partial charge in [-0.2, -0.15) is 5.10 Å². The third-order valence-corrected chi connectivity index (χ3v) is 2.39. The van der Waals surface area contributed by atoms with E-state index >= 15 is 0 Å². The van der Waals surface area contributed by atoms with E-state index in [9.17, 15) is 9.59 Å². The van der Waals surface area contributed by atoms with Gasteiger partial charge in [0.05, 0.1) is 18.4 Å². The number of hydrogen-bond donors (Lipinski definition) is 1. The van der Waals surface area contributed by atoms with Crippen molar-refractivity contribution in [1.29, 1.82) is 0 Å². The minimum atomic E-state index is -1.36. The molecule has 0 aliphatic rings. The summed E-state index contributed by atoms with van der Waals surface area (Å²) in [4.78, 5) is 22.6. The van der Waals surface area contributed by atoms with Crippen molar-refractivity contribution in [2.24, 2.45) is 0 Å². The minimum absolute atomic E-state index is 0.212. The maximum Gasteiger partial charge on any atom is 0.360 e. The Morgan fingerprint density at radius 1 is 1.37 bits per heavy atom. The first-order valence-electron chi connectivity index (χ1n) is 5.69. The zero-order valence-electron chi connectivity index (χ0n) is 10.2. The largest absolute Gasteiger partial charge is 0.478 e. The summed E-state index contributed by atoms with van der Waals surface area (Å²) in [5.74, 6) is -1.15. The van der Waals surface area contributed by atoms with Gasteiger partial charge in [0.1, 0.15) is 0 Å². The molecule has 1 aromatic carbocycles. The van der Waals surface area contributed by atoms with Crippen molar-refractivity contribution in [2.75, 3.05) is 6.61 Å². The lowest BCUT2D eigenvalue weighted by atomic mass is 10.3. The lowest BCUT2D eigenvalue weighted by Crippen LogP contribution is -2.22. The van der Waals surface area contributed by atoms with Crippen molar-refractivity contribution in [3.05, 3.63) is 52.3 Å². The van der Waals surface area contributed by atoms with Gasteiger partial charge in [-0.25, -0.2) is 9.48 Å². The third-order valence-electron chi connectivity index (χ3n) is 2.39. The molecule has 2 aromatic rings. The topological polar surface area (TPSA) is 81.4 Å². The van der Waals surface area contributed by atoms with Crippen molar-refractivity contribution in [3.8, 4) is 11.6 Å². The molecule has 1 N–H and O–H groups in total. The Morgan fingerprint density at radius 2 is 2.05 bits per heavy atom. The molecule has 0 aliphatic heterocycles. The molecule has 0 fully saturated rings. The Bertz CT molecular complexity index is 649. The van der Waals surface area contributed by atoms with Crippen molar-refractivity contribution in [3.63, 3.8) is 0 Å². The Morgan fingerprint density at radius 3 is 2.63 bits per heavy atom. The molecule has 6 heteroatoms. The van der Waals surface area contributed by atoms with Crippen LogP contribution in [0.4, 0.5) is 0 Å². The minimum Gasteiger partial charge on any atom is -0.478 e. The van der Waals surface area contributed by atoms with Gasteiger partial charge in [0.15, 0.2) is 0 Å². The molecule has 0 unspecified atom stereocenters.